The first-order chi connectivity index (χ1) is 7.65. The van der Waals surface area contributed by atoms with Crippen molar-refractivity contribution in [3.8, 4) is 0 Å². The number of halogens is 3. The fourth-order valence-electron chi connectivity index (χ4n) is 1.16. The van der Waals surface area contributed by atoms with Crippen LogP contribution in [0.2, 0.25) is 0 Å². The molecule has 1 aromatic carbocycles. The van der Waals surface area contributed by atoms with Gasteiger partial charge in [0.15, 0.2) is 11.6 Å². The number of benzene rings is 1. The highest BCUT2D eigenvalue weighted by atomic mass is 79.9. The molecule has 1 aromatic rings. The molecule has 0 spiro atoms. The Morgan fingerprint density at radius 3 is 2.62 bits per heavy atom. The summed E-state index contributed by atoms with van der Waals surface area (Å²) in [7, 11) is 0. The second-order valence-electron chi connectivity index (χ2n) is 3.28. The topological polar surface area (TPSA) is 29.1 Å². The zero-order valence-corrected chi connectivity index (χ0v) is 10.2. The SMILES string of the molecule is O=C(NCCCCBr)c1ccc(F)c(F)c1. The lowest BCUT2D eigenvalue weighted by atomic mass is 10.2. The van der Waals surface area contributed by atoms with Gasteiger partial charge in [-0.15, -0.1) is 0 Å². The second kappa shape index (κ2) is 6.58. The standard InChI is InChI=1S/C11H12BrF2NO/c12-5-1-2-6-15-11(16)8-3-4-9(13)10(14)7-8/h3-4,7H,1-2,5-6H2,(H,15,16). The maximum atomic E-state index is 12.8. The number of nitrogens with one attached hydrogen (secondary N) is 1. The smallest absolute Gasteiger partial charge is 0.251 e. The molecule has 5 heteroatoms. The Morgan fingerprint density at radius 2 is 2.00 bits per heavy atom. The molecule has 0 aliphatic rings. The van der Waals surface area contributed by atoms with Gasteiger partial charge in [-0.3, -0.25) is 4.79 Å². The van der Waals surface area contributed by atoms with Gasteiger partial charge < -0.3 is 5.32 Å². The molecule has 0 aromatic heterocycles. The van der Waals surface area contributed by atoms with Gasteiger partial charge in [0.25, 0.3) is 5.91 Å². The van der Waals surface area contributed by atoms with Gasteiger partial charge in [-0.1, -0.05) is 15.9 Å². The monoisotopic (exact) mass is 291 g/mol. The van der Waals surface area contributed by atoms with Crippen molar-refractivity contribution in [1.29, 1.82) is 0 Å². The van der Waals surface area contributed by atoms with Crippen LogP contribution >= 0.6 is 15.9 Å². The molecule has 0 unspecified atom stereocenters. The molecule has 0 aliphatic carbocycles. The van der Waals surface area contributed by atoms with Crippen LogP contribution in [0, 0.1) is 11.6 Å². The van der Waals surface area contributed by atoms with Crippen LogP contribution in [0.25, 0.3) is 0 Å². The molecule has 2 nitrogen and oxygen atoms in total. The van der Waals surface area contributed by atoms with Gasteiger partial charge in [0.2, 0.25) is 0 Å². The summed E-state index contributed by atoms with van der Waals surface area (Å²) in [6.07, 6.45) is 1.80. The molecule has 1 N–H and O–H groups in total. The minimum atomic E-state index is -1.01. The van der Waals surface area contributed by atoms with E-state index < -0.39 is 11.6 Å². The average Bonchev–Trinajstić information content (AvgIpc) is 2.28. The van der Waals surface area contributed by atoms with Crippen LogP contribution in [-0.2, 0) is 0 Å². The summed E-state index contributed by atoms with van der Waals surface area (Å²) >= 11 is 3.28. The molecule has 0 fully saturated rings. The zero-order valence-electron chi connectivity index (χ0n) is 8.60. The third-order valence-electron chi connectivity index (χ3n) is 2.03. The van der Waals surface area contributed by atoms with Crippen molar-refractivity contribution in [2.24, 2.45) is 0 Å². The number of hydrogen-bond donors (Lipinski definition) is 1. The number of carbonyl (C=O) groups excluding carboxylic acids is 1. The van der Waals surface area contributed by atoms with Crippen LogP contribution in [0.4, 0.5) is 8.78 Å². The lowest BCUT2D eigenvalue weighted by Crippen LogP contribution is -2.24. The van der Waals surface area contributed by atoms with Crippen LogP contribution < -0.4 is 5.32 Å². The van der Waals surface area contributed by atoms with Crippen LogP contribution in [0.3, 0.4) is 0 Å². The number of carbonyl (C=O) groups is 1. The Bertz CT molecular complexity index is 371. The molecule has 1 amide bonds. The second-order valence-corrected chi connectivity index (χ2v) is 4.07. The van der Waals surface area contributed by atoms with E-state index in [1.54, 1.807) is 0 Å². The molecule has 0 aliphatic heterocycles. The number of unbranched alkanes of at least 4 members (excludes halogenated alkanes) is 1. The molecule has 1 rings (SSSR count). The third kappa shape index (κ3) is 3.89. The highest BCUT2D eigenvalue weighted by Gasteiger charge is 2.08. The van der Waals surface area contributed by atoms with Crippen molar-refractivity contribution in [2.45, 2.75) is 12.8 Å². The van der Waals surface area contributed by atoms with Gasteiger partial charge >= 0.3 is 0 Å². The van der Waals surface area contributed by atoms with Gasteiger partial charge in [-0.25, -0.2) is 8.78 Å². The molecule has 88 valence electrons. The van der Waals surface area contributed by atoms with Crippen molar-refractivity contribution >= 4 is 21.8 Å². The van der Waals surface area contributed by atoms with Crippen LogP contribution in [0.1, 0.15) is 23.2 Å². The normalized spacial score (nSPS) is 10.2. The number of alkyl halides is 1. The fourth-order valence-corrected chi connectivity index (χ4v) is 1.56. The van der Waals surface area contributed by atoms with Gasteiger partial charge in [-0.2, -0.15) is 0 Å². The summed E-state index contributed by atoms with van der Waals surface area (Å²) in [5, 5.41) is 3.51. The first-order valence-electron chi connectivity index (χ1n) is 4.94. The molecule has 0 atom stereocenters. The predicted octanol–water partition coefficient (Wildman–Crippen LogP) is 2.87. The lowest BCUT2D eigenvalue weighted by Gasteiger charge is -2.04. The number of rotatable bonds is 5. The Balaban J connectivity index is 2.50. The largest absolute Gasteiger partial charge is 0.352 e. The predicted molar refractivity (Wildman–Crippen MR) is 61.7 cm³/mol. The number of amides is 1. The summed E-state index contributed by atoms with van der Waals surface area (Å²) in [6, 6.07) is 3.11. The maximum absolute atomic E-state index is 12.8. The summed E-state index contributed by atoms with van der Waals surface area (Å²) in [4.78, 5) is 11.5. The zero-order chi connectivity index (χ0) is 12.0. The van der Waals surface area contributed by atoms with Crippen LogP contribution in [-0.4, -0.2) is 17.8 Å². The molecule has 0 saturated carbocycles. The highest BCUT2D eigenvalue weighted by molar-refractivity contribution is 9.09. The molecular weight excluding hydrogens is 280 g/mol. The van der Waals surface area contributed by atoms with E-state index in [1.165, 1.54) is 6.07 Å². The molecule has 0 bridgehead atoms. The van der Waals surface area contributed by atoms with E-state index in [1.807, 2.05) is 0 Å². The lowest BCUT2D eigenvalue weighted by molar-refractivity contribution is 0.0952. The average molecular weight is 292 g/mol. The van der Waals surface area contributed by atoms with Crippen molar-refractivity contribution in [2.75, 3.05) is 11.9 Å². The van der Waals surface area contributed by atoms with Crippen molar-refractivity contribution in [3.63, 3.8) is 0 Å². The molecule has 0 saturated heterocycles. The Kier molecular flexibility index (Phi) is 5.38. The van der Waals surface area contributed by atoms with Gasteiger partial charge in [0, 0.05) is 17.4 Å². The Labute approximate surface area is 101 Å². The third-order valence-corrected chi connectivity index (χ3v) is 2.59. The highest BCUT2D eigenvalue weighted by Crippen LogP contribution is 2.08. The van der Waals surface area contributed by atoms with Crippen LogP contribution in [0.15, 0.2) is 18.2 Å². The van der Waals surface area contributed by atoms with E-state index in [0.29, 0.717) is 6.54 Å². The Hall–Kier alpha value is -0.970. The van der Waals surface area contributed by atoms with E-state index in [4.69, 9.17) is 0 Å². The summed E-state index contributed by atoms with van der Waals surface area (Å²) in [6.45, 7) is 0.531. The van der Waals surface area contributed by atoms with E-state index in [0.717, 1.165) is 30.3 Å². The maximum Gasteiger partial charge on any atom is 0.251 e. The summed E-state index contributed by atoms with van der Waals surface area (Å²) < 4.78 is 25.4. The van der Waals surface area contributed by atoms with E-state index >= 15 is 0 Å². The van der Waals surface area contributed by atoms with E-state index in [9.17, 15) is 13.6 Å². The molecule has 0 radical (unpaired) electrons. The summed E-state index contributed by atoms with van der Waals surface area (Å²) in [5.74, 6) is -2.34. The van der Waals surface area contributed by atoms with E-state index in [-0.39, 0.29) is 11.5 Å². The van der Waals surface area contributed by atoms with Crippen molar-refractivity contribution in [1.82, 2.24) is 5.32 Å². The summed E-state index contributed by atoms with van der Waals surface area (Å²) in [5.41, 5.74) is 0.137. The van der Waals surface area contributed by atoms with Gasteiger partial charge in [0.1, 0.15) is 0 Å². The first kappa shape index (κ1) is 13.1. The molecule has 0 heterocycles. The molecular formula is C11H12BrF2NO. The van der Waals surface area contributed by atoms with Crippen molar-refractivity contribution < 1.29 is 13.6 Å². The Morgan fingerprint density at radius 1 is 1.25 bits per heavy atom. The fraction of sp³-hybridized carbons (Fsp3) is 0.364. The van der Waals surface area contributed by atoms with Gasteiger partial charge in [0.05, 0.1) is 0 Å². The first-order valence-corrected chi connectivity index (χ1v) is 6.06. The number of hydrogen-bond acceptors (Lipinski definition) is 1. The van der Waals surface area contributed by atoms with Gasteiger partial charge in [-0.05, 0) is 31.0 Å². The van der Waals surface area contributed by atoms with E-state index in [2.05, 4.69) is 21.2 Å². The molecule has 16 heavy (non-hydrogen) atoms. The minimum absolute atomic E-state index is 0.137. The minimum Gasteiger partial charge on any atom is -0.352 e. The van der Waals surface area contributed by atoms with Crippen molar-refractivity contribution in [3.05, 3.63) is 35.4 Å². The quantitative estimate of drug-likeness (QED) is 0.656. The van der Waals surface area contributed by atoms with Crippen LogP contribution in [0.5, 0.6) is 0 Å².